The van der Waals surface area contributed by atoms with Crippen LogP contribution in [0.1, 0.15) is 13.8 Å². The average molecular weight is 237 g/mol. The van der Waals surface area contributed by atoms with Gasteiger partial charge in [0.2, 0.25) is 15.9 Å². The van der Waals surface area contributed by atoms with Crippen LogP contribution in [0.4, 0.5) is 0 Å². The summed E-state index contributed by atoms with van der Waals surface area (Å²) in [6, 6.07) is 0. The van der Waals surface area contributed by atoms with Crippen molar-refractivity contribution in [2.75, 3.05) is 26.4 Å². The second-order valence-electron chi connectivity index (χ2n) is 4.08. The van der Waals surface area contributed by atoms with Crippen molar-refractivity contribution in [3.63, 3.8) is 0 Å². The molecule has 3 N–H and O–H groups in total. The van der Waals surface area contributed by atoms with Gasteiger partial charge in [-0.15, -0.1) is 0 Å². The Morgan fingerprint density at radius 3 is 2.20 bits per heavy atom. The van der Waals surface area contributed by atoms with Gasteiger partial charge in [0.15, 0.2) is 0 Å². The summed E-state index contributed by atoms with van der Waals surface area (Å²) in [5.41, 5.74) is 4.53. The maximum atomic E-state index is 11.3. The third kappa shape index (κ3) is 5.10. The Morgan fingerprint density at radius 2 is 1.87 bits per heavy atom. The van der Waals surface area contributed by atoms with Crippen molar-refractivity contribution in [1.29, 1.82) is 0 Å². The van der Waals surface area contributed by atoms with E-state index in [4.69, 9.17) is 5.73 Å². The molecule has 0 fully saturated rings. The van der Waals surface area contributed by atoms with Crippen LogP contribution in [0.15, 0.2) is 0 Å². The molecule has 0 atom stereocenters. The highest BCUT2D eigenvalue weighted by Gasteiger charge is 2.22. The molecular weight excluding hydrogens is 218 g/mol. The molecule has 0 aromatic rings. The van der Waals surface area contributed by atoms with Crippen molar-refractivity contribution >= 4 is 15.9 Å². The normalized spacial score (nSPS) is 12.9. The number of hydrogen-bond acceptors (Lipinski definition) is 4. The molecule has 6 nitrogen and oxygen atoms in total. The summed E-state index contributed by atoms with van der Waals surface area (Å²) in [6.45, 7) is 3.19. The Kier molecular flexibility index (Phi) is 4.69. The van der Waals surface area contributed by atoms with Crippen molar-refractivity contribution in [1.82, 2.24) is 9.62 Å². The zero-order valence-electron chi connectivity index (χ0n) is 9.57. The van der Waals surface area contributed by atoms with E-state index in [2.05, 4.69) is 5.32 Å². The monoisotopic (exact) mass is 237 g/mol. The van der Waals surface area contributed by atoms with E-state index in [1.165, 1.54) is 14.1 Å². The molecule has 90 valence electrons. The molecular formula is C8H19N3O3S. The number of rotatable bonds is 5. The molecule has 0 aliphatic carbocycles. The van der Waals surface area contributed by atoms with Gasteiger partial charge < -0.3 is 11.1 Å². The number of hydrogen-bond donors (Lipinski definition) is 2. The molecule has 0 bridgehead atoms. The van der Waals surface area contributed by atoms with Crippen molar-refractivity contribution in [2.45, 2.75) is 19.4 Å². The lowest BCUT2D eigenvalue weighted by Crippen LogP contribution is -2.50. The Bertz CT molecular complexity index is 317. The van der Waals surface area contributed by atoms with Crippen molar-refractivity contribution in [3.05, 3.63) is 0 Å². The maximum Gasteiger partial charge on any atom is 0.239 e. The predicted molar refractivity (Wildman–Crippen MR) is 58.7 cm³/mol. The van der Waals surface area contributed by atoms with Gasteiger partial charge in [-0.2, -0.15) is 0 Å². The van der Waals surface area contributed by atoms with E-state index >= 15 is 0 Å². The van der Waals surface area contributed by atoms with Crippen LogP contribution in [0.5, 0.6) is 0 Å². The molecule has 0 rings (SSSR count). The molecule has 7 heteroatoms. The third-order valence-electron chi connectivity index (χ3n) is 1.79. The van der Waals surface area contributed by atoms with Crippen LogP contribution in [0, 0.1) is 0 Å². The van der Waals surface area contributed by atoms with Gasteiger partial charge in [0, 0.05) is 20.6 Å². The van der Waals surface area contributed by atoms with Crippen LogP contribution >= 0.6 is 0 Å². The van der Waals surface area contributed by atoms with Crippen LogP contribution in [-0.2, 0) is 14.8 Å². The van der Waals surface area contributed by atoms with Gasteiger partial charge in [0.1, 0.15) is 0 Å². The van der Waals surface area contributed by atoms with Crippen LogP contribution < -0.4 is 11.1 Å². The second-order valence-corrected chi connectivity index (χ2v) is 6.38. The number of amides is 1. The largest absolute Gasteiger partial charge is 0.353 e. The highest BCUT2D eigenvalue weighted by Crippen LogP contribution is 1.96. The smallest absolute Gasteiger partial charge is 0.239 e. The van der Waals surface area contributed by atoms with Gasteiger partial charge in [0.05, 0.1) is 11.3 Å². The SMILES string of the molecule is CN(C)S(=O)(=O)CCNC(=O)C(C)(C)N. The summed E-state index contributed by atoms with van der Waals surface area (Å²) in [5, 5.41) is 2.46. The van der Waals surface area contributed by atoms with E-state index in [9.17, 15) is 13.2 Å². The van der Waals surface area contributed by atoms with Gasteiger partial charge >= 0.3 is 0 Å². The van der Waals surface area contributed by atoms with Gasteiger partial charge in [-0.3, -0.25) is 4.79 Å². The second kappa shape index (κ2) is 4.91. The fourth-order valence-corrected chi connectivity index (χ4v) is 1.43. The van der Waals surface area contributed by atoms with Crippen LogP contribution in [0.2, 0.25) is 0 Å². The molecule has 0 heterocycles. The van der Waals surface area contributed by atoms with Gasteiger partial charge in [0.25, 0.3) is 0 Å². The molecule has 0 saturated heterocycles. The first-order valence-corrected chi connectivity index (χ1v) is 6.15. The van der Waals surface area contributed by atoms with E-state index in [1.54, 1.807) is 13.8 Å². The summed E-state index contributed by atoms with van der Waals surface area (Å²) in [5.74, 6) is -0.488. The zero-order chi connectivity index (χ0) is 12.3. The van der Waals surface area contributed by atoms with Crippen molar-refractivity contribution in [2.24, 2.45) is 5.73 Å². The predicted octanol–water partition coefficient (Wildman–Crippen LogP) is -1.27. The Balaban J connectivity index is 4.08. The first-order valence-electron chi connectivity index (χ1n) is 4.55. The van der Waals surface area contributed by atoms with Crippen molar-refractivity contribution < 1.29 is 13.2 Å². The van der Waals surface area contributed by atoms with Crippen LogP contribution in [-0.4, -0.2) is 50.6 Å². The fraction of sp³-hybridized carbons (Fsp3) is 0.875. The summed E-state index contributed by atoms with van der Waals surface area (Å²) < 4.78 is 23.7. The summed E-state index contributed by atoms with van der Waals surface area (Å²) in [4.78, 5) is 11.3. The quantitative estimate of drug-likeness (QED) is 0.623. The van der Waals surface area contributed by atoms with E-state index in [0.29, 0.717) is 0 Å². The summed E-state index contributed by atoms with van der Waals surface area (Å²) in [7, 11) is -0.365. The lowest BCUT2D eigenvalue weighted by atomic mass is 10.1. The lowest BCUT2D eigenvalue weighted by molar-refractivity contribution is -0.125. The minimum Gasteiger partial charge on any atom is -0.353 e. The minimum absolute atomic E-state index is 0.0694. The fourth-order valence-electron chi connectivity index (χ4n) is 0.704. The summed E-state index contributed by atoms with van der Waals surface area (Å²) >= 11 is 0. The van der Waals surface area contributed by atoms with E-state index < -0.39 is 15.6 Å². The summed E-state index contributed by atoms with van der Waals surface area (Å²) in [6.07, 6.45) is 0. The topological polar surface area (TPSA) is 92.5 Å². The Labute approximate surface area is 90.9 Å². The maximum absolute atomic E-state index is 11.3. The number of carbonyl (C=O) groups is 1. The molecule has 0 aromatic heterocycles. The molecule has 1 amide bonds. The van der Waals surface area contributed by atoms with E-state index in [1.807, 2.05) is 0 Å². The highest BCUT2D eigenvalue weighted by molar-refractivity contribution is 7.89. The van der Waals surface area contributed by atoms with Gasteiger partial charge in [-0.25, -0.2) is 12.7 Å². The number of nitrogens with two attached hydrogens (primary N) is 1. The van der Waals surface area contributed by atoms with Gasteiger partial charge in [-0.05, 0) is 13.8 Å². The molecule has 15 heavy (non-hydrogen) atoms. The first kappa shape index (κ1) is 14.3. The van der Waals surface area contributed by atoms with E-state index in [0.717, 1.165) is 4.31 Å². The zero-order valence-corrected chi connectivity index (χ0v) is 10.4. The van der Waals surface area contributed by atoms with E-state index in [-0.39, 0.29) is 18.2 Å². The van der Waals surface area contributed by atoms with Crippen molar-refractivity contribution in [3.8, 4) is 0 Å². The number of carbonyl (C=O) groups excluding carboxylic acids is 1. The third-order valence-corrected chi connectivity index (χ3v) is 3.62. The minimum atomic E-state index is -3.26. The Hall–Kier alpha value is -0.660. The van der Waals surface area contributed by atoms with Crippen LogP contribution in [0.25, 0.3) is 0 Å². The molecule has 0 aliphatic rings. The lowest BCUT2D eigenvalue weighted by Gasteiger charge is -2.18. The number of sulfonamides is 1. The Morgan fingerprint density at radius 1 is 1.40 bits per heavy atom. The number of nitrogens with one attached hydrogen (secondary N) is 1. The molecule has 0 unspecified atom stereocenters. The molecule has 0 saturated carbocycles. The average Bonchev–Trinajstić information content (AvgIpc) is 2.01. The standard InChI is InChI=1S/C8H19N3O3S/c1-8(2,9)7(12)10-5-6-15(13,14)11(3)4/h5-6,9H2,1-4H3,(H,10,12). The molecule has 0 aliphatic heterocycles. The first-order chi connectivity index (χ1) is 6.57. The molecule has 0 radical (unpaired) electrons. The molecule has 0 spiro atoms. The number of nitrogens with zero attached hydrogens (tertiary/aromatic N) is 1. The highest BCUT2D eigenvalue weighted by atomic mass is 32.2. The van der Waals surface area contributed by atoms with Gasteiger partial charge in [-0.1, -0.05) is 0 Å². The molecule has 0 aromatic carbocycles. The van der Waals surface area contributed by atoms with Crippen LogP contribution in [0.3, 0.4) is 0 Å².